The summed E-state index contributed by atoms with van der Waals surface area (Å²) in [6.07, 6.45) is 8.02. The number of benzene rings is 1. The van der Waals surface area contributed by atoms with Crippen LogP contribution in [0.2, 0.25) is 0 Å². The van der Waals surface area contributed by atoms with Crippen molar-refractivity contribution in [1.82, 2.24) is 30.2 Å². The normalized spacial score (nSPS) is 17.0. The molecule has 0 radical (unpaired) electrons. The van der Waals surface area contributed by atoms with Gasteiger partial charge in [-0.1, -0.05) is 31.4 Å². The smallest absolute Gasteiger partial charge is 0.263 e. The van der Waals surface area contributed by atoms with Crippen molar-refractivity contribution in [3.8, 4) is 17.3 Å². The van der Waals surface area contributed by atoms with Crippen LogP contribution in [0.1, 0.15) is 35.4 Å². The lowest BCUT2D eigenvalue weighted by Gasteiger charge is -2.30. The number of nitrogens with zero attached hydrogens (tertiary/aromatic N) is 3. The first-order chi connectivity index (χ1) is 19.5. The van der Waals surface area contributed by atoms with Gasteiger partial charge in [0.25, 0.3) is 5.91 Å². The zero-order chi connectivity index (χ0) is 27.6. The summed E-state index contributed by atoms with van der Waals surface area (Å²) in [5.74, 6) is 1.65. The molecule has 9 nitrogen and oxygen atoms in total. The lowest BCUT2D eigenvalue weighted by molar-refractivity contribution is -0.117. The predicted octanol–water partition coefficient (Wildman–Crippen LogP) is 4.79. The average Bonchev–Trinajstić information content (AvgIpc) is 3.34. The Hall–Kier alpha value is -4.70. The molecule has 4 aromatic heterocycles. The maximum atomic E-state index is 13.5. The summed E-state index contributed by atoms with van der Waals surface area (Å²) in [4.78, 5) is 39.0. The van der Waals surface area contributed by atoms with Crippen molar-refractivity contribution in [2.24, 2.45) is 0 Å². The Morgan fingerprint density at radius 2 is 1.85 bits per heavy atom. The number of hydrogen-bond donors (Lipinski definition) is 3. The van der Waals surface area contributed by atoms with Crippen LogP contribution < -0.4 is 20.9 Å². The van der Waals surface area contributed by atoms with E-state index in [9.17, 15) is 9.59 Å². The first kappa shape index (κ1) is 25.6. The minimum absolute atomic E-state index is 0.0158. The molecule has 0 saturated heterocycles. The Morgan fingerprint density at radius 1 is 1.05 bits per heavy atom. The maximum Gasteiger partial charge on any atom is 0.263 e. The van der Waals surface area contributed by atoms with Crippen molar-refractivity contribution in [2.45, 2.75) is 37.8 Å². The van der Waals surface area contributed by atoms with E-state index in [1.165, 1.54) is 17.4 Å². The fourth-order valence-corrected chi connectivity index (χ4v) is 6.25. The van der Waals surface area contributed by atoms with Gasteiger partial charge in [0, 0.05) is 18.3 Å². The summed E-state index contributed by atoms with van der Waals surface area (Å²) < 4.78 is 7.80. The molecule has 5 aromatic rings. The number of carbonyl (C=O) groups is 2. The molecule has 1 aliphatic carbocycles. The second-order valence-corrected chi connectivity index (χ2v) is 10.7. The van der Waals surface area contributed by atoms with E-state index in [4.69, 9.17) is 4.74 Å². The van der Waals surface area contributed by atoms with Gasteiger partial charge in [0.05, 0.1) is 22.6 Å². The number of pyridine rings is 2. The van der Waals surface area contributed by atoms with Crippen LogP contribution in [-0.4, -0.2) is 43.4 Å². The number of aromatic nitrogens is 4. The average molecular weight is 553 g/mol. The van der Waals surface area contributed by atoms with E-state index in [2.05, 4.69) is 38.7 Å². The summed E-state index contributed by atoms with van der Waals surface area (Å²) in [7, 11) is 0. The van der Waals surface area contributed by atoms with Gasteiger partial charge in [-0.3, -0.25) is 14.2 Å². The van der Waals surface area contributed by atoms with Crippen LogP contribution in [0.5, 0.6) is 11.5 Å². The molecule has 0 bridgehead atoms. The molecule has 1 aromatic carbocycles. The quantitative estimate of drug-likeness (QED) is 0.251. The molecular weight excluding hydrogens is 524 g/mol. The van der Waals surface area contributed by atoms with Crippen LogP contribution in [0.4, 0.5) is 0 Å². The van der Waals surface area contributed by atoms with Gasteiger partial charge in [-0.05, 0) is 62.1 Å². The largest absolute Gasteiger partial charge is 0.456 e. The van der Waals surface area contributed by atoms with E-state index < -0.39 is 0 Å². The molecule has 40 heavy (non-hydrogen) atoms. The lowest BCUT2D eigenvalue weighted by atomic mass is 9.91. The first-order valence-electron chi connectivity index (χ1n) is 13.1. The number of aromatic amines is 1. The summed E-state index contributed by atoms with van der Waals surface area (Å²) in [5.41, 5.74) is 2.10. The lowest BCUT2D eigenvalue weighted by Crippen LogP contribution is -2.45. The van der Waals surface area contributed by atoms with Gasteiger partial charge < -0.3 is 20.4 Å². The van der Waals surface area contributed by atoms with Crippen LogP contribution in [0.25, 0.3) is 33.6 Å². The number of H-pyrrole nitrogens is 1. The van der Waals surface area contributed by atoms with Gasteiger partial charge in [0.1, 0.15) is 32.5 Å². The van der Waals surface area contributed by atoms with Gasteiger partial charge in [0.2, 0.25) is 5.91 Å². The first-order valence-corrected chi connectivity index (χ1v) is 13.9. The zero-order valence-electron chi connectivity index (χ0n) is 21.7. The number of para-hydroxylation sites is 1. The molecule has 1 unspecified atom stereocenters. The summed E-state index contributed by atoms with van der Waals surface area (Å²) >= 11 is 1.34. The van der Waals surface area contributed by atoms with Gasteiger partial charge >= 0.3 is 0 Å². The molecule has 1 fully saturated rings. The fourth-order valence-electron chi connectivity index (χ4n) is 5.23. The van der Waals surface area contributed by atoms with Crippen molar-refractivity contribution in [3.63, 3.8) is 0 Å². The van der Waals surface area contributed by atoms with Gasteiger partial charge in [-0.15, -0.1) is 11.3 Å². The molecule has 1 saturated carbocycles. The van der Waals surface area contributed by atoms with E-state index >= 15 is 0 Å². The molecule has 2 amide bonds. The number of nitrogens with one attached hydrogen (secondary N) is 3. The molecule has 4 heterocycles. The van der Waals surface area contributed by atoms with Crippen LogP contribution in [-0.2, 0) is 4.79 Å². The monoisotopic (exact) mass is 552 g/mol. The molecule has 202 valence electrons. The van der Waals surface area contributed by atoms with Crippen LogP contribution in [0.3, 0.4) is 0 Å². The highest BCUT2D eigenvalue weighted by Gasteiger charge is 2.27. The highest BCUT2D eigenvalue weighted by atomic mass is 32.1. The number of carbonyl (C=O) groups excluding carboxylic acids is 2. The zero-order valence-corrected chi connectivity index (χ0v) is 22.5. The SMILES string of the molecule is C=CC(=O)NC1CCC[C@@H](NC(=O)c2sc3nccc4c3c2[nH]c(=C)n4-c2ccc(Oc3ccccc3)cn2)C1. The van der Waals surface area contributed by atoms with Gasteiger partial charge in [-0.2, -0.15) is 0 Å². The third-order valence-corrected chi connectivity index (χ3v) is 8.12. The van der Waals surface area contributed by atoms with E-state index in [-0.39, 0.29) is 23.9 Å². The Kier molecular flexibility index (Phi) is 6.91. The molecule has 0 aliphatic heterocycles. The minimum atomic E-state index is -0.190. The van der Waals surface area contributed by atoms with Crippen molar-refractivity contribution in [1.29, 1.82) is 0 Å². The van der Waals surface area contributed by atoms with Crippen LogP contribution >= 0.6 is 11.3 Å². The van der Waals surface area contributed by atoms with Crippen molar-refractivity contribution >= 4 is 51.0 Å². The third kappa shape index (κ3) is 5.01. The van der Waals surface area contributed by atoms with E-state index in [1.807, 2.05) is 53.1 Å². The topological polar surface area (TPSA) is 114 Å². The summed E-state index contributed by atoms with van der Waals surface area (Å²) in [5, 5.41) is 6.98. The van der Waals surface area contributed by atoms with Crippen molar-refractivity contribution in [2.75, 3.05) is 0 Å². The Balaban J connectivity index is 1.29. The maximum absolute atomic E-state index is 13.5. The highest BCUT2D eigenvalue weighted by Crippen LogP contribution is 2.34. The van der Waals surface area contributed by atoms with E-state index in [0.717, 1.165) is 40.7 Å². The number of thiophene rings is 1. The standard InChI is InChI=1S/C30H28N6O3S/c1-3-25(37)34-19-8-7-9-20(16-19)35-29(38)28-27-26-23(14-15-31-30(26)40-28)36(18(2)33-27)24-13-12-22(17-32-24)39-21-10-5-4-6-11-21/h3-6,10-15,17,19-20,33H,1-2,7-9,16H2,(H,34,37)(H,35,38)/t19?,20-/m1/s1. The predicted molar refractivity (Wildman–Crippen MR) is 157 cm³/mol. The van der Waals surface area contributed by atoms with Gasteiger partial charge in [-0.25, -0.2) is 9.97 Å². The molecular formula is C30H28N6O3S. The van der Waals surface area contributed by atoms with E-state index in [1.54, 1.807) is 12.4 Å². The molecule has 2 atom stereocenters. The summed E-state index contributed by atoms with van der Waals surface area (Å²) in [6, 6.07) is 15.1. The molecule has 3 N–H and O–H groups in total. The van der Waals surface area contributed by atoms with Crippen LogP contribution in [0.15, 0.2) is 73.6 Å². The second-order valence-electron chi connectivity index (χ2n) is 9.74. The number of hydrogen-bond acceptors (Lipinski definition) is 6. The third-order valence-electron chi connectivity index (χ3n) is 7.03. The van der Waals surface area contributed by atoms with Crippen LogP contribution in [0, 0.1) is 0 Å². The molecule has 0 spiro atoms. The molecule has 10 heteroatoms. The van der Waals surface area contributed by atoms with Gasteiger partial charge in [0.15, 0.2) is 0 Å². The van der Waals surface area contributed by atoms with Crippen molar-refractivity contribution < 1.29 is 14.3 Å². The minimum Gasteiger partial charge on any atom is -0.456 e. The Labute approximate surface area is 234 Å². The number of ether oxygens (including phenoxy) is 1. The highest BCUT2D eigenvalue weighted by molar-refractivity contribution is 7.21. The second kappa shape index (κ2) is 10.8. The fraction of sp³-hybridized carbons (Fsp3) is 0.200. The number of rotatable bonds is 7. The van der Waals surface area contributed by atoms with E-state index in [0.29, 0.717) is 33.9 Å². The molecule has 6 rings (SSSR count). The number of amides is 2. The molecule has 1 aliphatic rings. The Morgan fingerprint density at radius 3 is 2.60 bits per heavy atom. The summed E-state index contributed by atoms with van der Waals surface area (Å²) in [6.45, 7) is 7.76. The Bertz CT molecular complexity index is 1770. The van der Waals surface area contributed by atoms with Crippen molar-refractivity contribution in [3.05, 3.63) is 83.9 Å².